The number of likely N-dealkylation sites (tertiary alicyclic amines) is 1. The van der Waals surface area contributed by atoms with Crippen LogP contribution in [0.15, 0.2) is 46.6 Å². The normalized spacial score (nSPS) is 15.4. The summed E-state index contributed by atoms with van der Waals surface area (Å²) in [6, 6.07) is 9.85. The predicted octanol–water partition coefficient (Wildman–Crippen LogP) is 8.30. The van der Waals surface area contributed by atoms with Crippen molar-refractivity contribution in [1.82, 2.24) is 20.2 Å². The summed E-state index contributed by atoms with van der Waals surface area (Å²) < 4.78 is 0.0924. The molecule has 1 aromatic carbocycles. The number of carbonyl (C=O) groups is 1. The van der Waals surface area contributed by atoms with Crippen LogP contribution in [-0.2, 0) is 17.8 Å². The van der Waals surface area contributed by atoms with Crippen LogP contribution in [0.1, 0.15) is 78.4 Å². The van der Waals surface area contributed by atoms with Crippen LogP contribution in [0.4, 0.5) is 0 Å². The van der Waals surface area contributed by atoms with Gasteiger partial charge in [-0.2, -0.15) is 0 Å². The van der Waals surface area contributed by atoms with Crippen molar-refractivity contribution in [3.63, 3.8) is 0 Å². The molecule has 42 heavy (non-hydrogen) atoms. The molecule has 3 heterocycles. The third-order valence-corrected chi connectivity index (χ3v) is 10.8. The molecular weight excluding hydrogens is 581 g/mol. The first-order valence-corrected chi connectivity index (χ1v) is 18.3. The highest BCUT2D eigenvalue weighted by atomic mass is 33.1. The smallest absolute Gasteiger partial charge is 0.220 e. The van der Waals surface area contributed by atoms with Gasteiger partial charge in [0, 0.05) is 47.2 Å². The maximum Gasteiger partial charge on any atom is 0.220 e. The number of aromatic hydroxyl groups is 1. The van der Waals surface area contributed by atoms with Crippen LogP contribution in [0.25, 0.3) is 10.9 Å². The highest BCUT2D eigenvalue weighted by Gasteiger charge is 2.26. The van der Waals surface area contributed by atoms with E-state index in [9.17, 15) is 9.90 Å². The minimum absolute atomic E-state index is 0.0924. The van der Waals surface area contributed by atoms with E-state index in [0.29, 0.717) is 18.1 Å². The Kier molecular flexibility index (Phi) is 11.6. The standard InChI is InChI=1S/C33H48N4O2S3/c1-32(2,3)21-25-24-10-11-27(38)26(30(24)36-31(25)41-33(4,5)6)22-37-18-13-23(14-19-37)12-17-34-28(39)15-20-40-42-29-9-7-8-16-35-29/h7-11,16,23,36,38H,12-15,17-22H2,1-6H3,(H,34,39). The maximum absolute atomic E-state index is 12.3. The lowest BCUT2D eigenvalue weighted by Crippen LogP contribution is -2.35. The lowest BCUT2D eigenvalue weighted by atomic mass is 9.88. The van der Waals surface area contributed by atoms with E-state index in [2.05, 4.69) is 67.8 Å². The summed E-state index contributed by atoms with van der Waals surface area (Å²) in [6.45, 7) is 17.1. The number of hydrogen-bond acceptors (Lipinski definition) is 7. The third-order valence-electron chi connectivity index (χ3n) is 7.40. The van der Waals surface area contributed by atoms with Gasteiger partial charge in [-0.05, 0) is 90.7 Å². The first kappa shape index (κ1) is 33.1. The van der Waals surface area contributed by atoms with Crippen molar-refractivity contribution < 1.29 is 9.90 Å². The number of nitrogens with zero attached hydrogens (tertiary/aromatic N) is 2. The Morgan fingerprint density at radius 1 is 1.10 bits per heavy atom. The molecule has 2 aromatic heterocycles. The molecule has 0 unspecified atom stereocenters. The number of piperidine rings is 1. The van der Waals surface area contributed by atoms with Crippen molar-refractivity contribution in [2.75, 3.05) is 25.4 Å². The van der Waals surface area contributed by atoms with Crippen molar-refractivity contribution in [1.29, 1.82) is 0 Å². The maximum atomic E-state index is 12.3. The molecule has 0 saturated carbocycles. The first-order valence-electron chi connectivity index (χ1n) is 15.1. The minimum atomic E-state index is 0.0924. The number of fused-ring (bicyclic) bond motifs is 1. The van der Waals surface area contributed by atoms with E-state index in [1.165, 1.54) is 16.0 Å². The molecular formula is C33H48N4O2S3. The monoisotopic (exact) mass is 628 g/mol. The number of phenolic OH excluding ortho intramolecular Hbond substituents is 1. The number of benzene rings is 1. The summed E-state index contributed by atoms with van der Waals surface area (Å²) in [5.41, 5.74) is 3.63. The summed E-state index contributed by atoms with van der Waals surface area (Å²) in [6.07, 6.45) is 6.57. The number of carbonyl (C=O) groups excluding carboxylic acids is 1. The number of amides is 1. The van der Waals surface area contributed by atoms with Crippen molar-refractivity contribution >= 4 is 50.2 Å². The average molecular weight is 629 g/mol. The van der Waals surface area contributed by atoms with Gasteiger partial charge in [-0.25, -0.2) is 4.98 Å². The fourth-order valence-corrected chi connectivity index (χ4v) is 8.33. The topological polar surface area (TPSA) is 81.2 Å². The Morgan fingerprint density at radius 2 is 1.86 bits per heavy atom. The van der Waals surface area contributed by atoms with Gasteiger partial charge in [0.05, 0.1) is 10.5 Å². The molecule has 3 N–H and O–H groups in total. The largest absolute Gasteiger partial charge is 0.508 e. The molecule has 230 valence electrons. The van der Waals surface area contributed by atoms with Gasteiger partial charge >= 0.3 is 0 Å². The van der Waals surface area contributed by atoms with E-state index < -0.39 is 0 Å². The van der Waals surface area contributed by atoms with E-state index in [0.717, 1.165) is 73.7 Å². The SMILES string of the molecule is CC(C)(C)Cc1c(SC(C)(C)C)[nH]c2c(CN3CCC(CCNC(=O)CCSSc4ccccn4)CC3)c(O)ccc12. The van der Waals surface area contributed by atoms with Crippen LogP contribution >= 0.6 is 33.3 Å². The number of aromatic amines is 1. The highest BCUT2D eigenvalue weighted by Crippen LogP contribution is 2.42. The number of pyridine rings is 1. The third kappa shape index (κ3) is 10.1. The Labute approximate surface area is 264 Å². The molecule has 1 aliphatic heterocycles. The van der Waals surface area contributed by atoms with Crippen molar-refractivity contribution in [3.8, 4) is 5.75 Å². The Bertz CT molecular complexity index is 1310. The number of phenols is 1. The zero-order valence-corrected chi connectivity index (χ0v) is 28.5. The first-order chi connectivity index (χ1) is 19.9. The zero-order chi connectivity index (χ0) is 30.3. The number of hydrogen-bond donors (Lipinski definition) is 3. The van der Waals surface area contributed by atoms with Gasteiger partial charge in [-0.15, -0.1) is 11.8 Å². The average Bonchev–Trinajstić information content (AvgIpc) is 3.23. The molecule has 9 heteroatoms. The van der Waals surface area contributed by atoms with Gasteiger partial charge < -0.3 is 15.4 Å². The van der Waals surface area contributed by atoms with Gasteiger partial charge in [-0.1, -0.05) is 58.4 Å². The fourth-order valence-electron chi connectivity index (χ4n) is 5.40. The number of thioether (sulfide) groups is 1. The van der Waals surface area contributed by atoms with Gasteiger partial charge in [0.1, 0.15) is 10.8 Å². The van der Waals surface area contributed by atoms with Gasteiger partial charge in [0.2, 0.25) is 5.91 Å². The molecule has 1 fully saturated rings. The molecule has 1 saturated heterocycles. The number of rotatable bonds is 12. The summed E-state index contributed by atoms with van der Waals surface area (Å²) in [7, 11) is 3.29. The number of aromatic nitrogens is 2. The quantitative estimate of drug-likeness (QED) is 0.106. The number of nitrogens with one attached hydrogen (secondary N) is 2. The van der Waals surface area contributed by atoms with Crippen molar-refractivity contribution in [2.24, 2.45) is 11.3 Å². The molecule has 0 atom stereocenters. The van der Waals surface area contributed by atoms with Crippen LogP contribution in [0.3, 0.4) is 0 Å². The Morgan fingerprint density at radius 3 is 2.52 bits per heavy atom. The summed E-state index contributed by atoms with van der Waals surface area (Å²) in [5.74, 6) is 1.91. The molecule has 1 aliphatic rings. The van der Waals surface area contributed by atoms with Crippen LogP contribution in [0, 0.1) is 11.3 Å². The molecule has 4 rings (SSSR count). The van der Waals surface area contributed by atoms with E-state index >= 15 is 0 Å². The van der Waals surface area contributed by atoms with E-state index in [-0.39, 0.29) is 16.1 Å². The van der Waals surface area contributed by atoms with Crippen molar-refractivity contribution in [2.45, 2.75) is 95.0 Å². The van der Waals surface area contributed by atoms with Crippen LogP contribution in [-0.4, -0.2) is 56.0 Å². The lowest BCUT2D eigenvalue weighted by molar-refractivity contribution is -0.120. The molecule has 0 radical (unpaired) electrons. The summed E-state index contributed by atoms with van der Waals surface area (Å²) in [4.78, 5) is 22.8. The second-order valence-corrected chi connectivity index (χ2v) is 17.8. The minimum Gasteiger partial charge on any atom is -0.508 e. The van der Waals surface area contributed by atoms with Crippen LogP contribution in [0.5, 0.6) is 5.75 Å². The van der Waals surface area contributed by atoms with E-state index in [1.54, 1.807) is 27.8 Å². The second kappa shape index (κ2) is 14.8. The van der Waals surface area contributed by atoms with E-state index in [1.807, 2.05) is 36.0 Å². The Hall–Kier alpha value is -1.81. The summed E-state index contributed by atoms with van der Waals surface area (Å²) in [5, 5.41) is 17.5. The van der Waals surface area contributed by atoms with Gasteiger partial charge in [0.15, 0.2) is 0 Å². The summed E-state index contributed by atoms with van der Waals surface area (Å²) >= 11 is 1.88. The predicted molar refractivity (Wildman–Crippen MR) is 182 cm³/mol. The second-order valence-electron chi connectivity index (χ2n) is 13.6. The van der Waals surface area contributed by atoms with Gasteiger partial charge in [-0.3, -0.25) is 9.69 Å². The highest BCUT2D eigenvalue weighted by molar-refractivity contribution is 8.76. The molecule has 0 spiro atoms. The molecule has 3 aromatic rings. The van der Waals surface area contributed by atoms with Gasteiger partial charge in [0.25, 0.3) is 0 Å². The van der Waals surface area contributed by atoms with Crippen LogP contribution in [0.2, 0.25) is 0 Å². The molecule has 0 bridgehead atoms. The zero-order valence-electron chi connectivity index (χ0n) is 26.1. The van der Waals surface area contributed by atoms with E-state index in [4.69, 9.17) is 0 Å². The van der Waals surface area contributed by atoms with Crippen LogP contribution < -0.4 is 5.32 Å². The van der Waals surface area contributed by atoms with Crippen molar-refractivity contribution in [3.05, 3.63) is 47.7 Å². The molecule has 0 aliphatic carbocycles. The molecule has 6 nitrogen and oxygen atoms in total. The Balaban J connectivity index is 1.27. The fraction of sp³-hybridized carbons (Fsp3) is 0.576. The molecule has 1 amide bonds. The number of H-pyrrole nitrogens is 1. The lowest BCUT2D eigenvalue weighted by Gasteiger charge is -2.32.